The Morgan fingerprint density at radius 1 is 1.42 bits per heavy atom. The highest BCUT2D eigenvalue weighted by Gasteiger charge is 2.00. The molecule has 0 bridgehead atoms. The fraction of sp³-hybridized carbons (Fsp3) is 0.111. The monoisotopic (exact) mass is 182 g/mol. The summed E-state index contributed by atoms with van der Waals surface area (Å²) in [7, 11) is 0. The molecule has 0 aromatic heterocycles. The van der Waals surface area contributed by atoms with Crippen molar-refractivity contribution in [3.63, 3.8) is 0 Å². The van der Waals surface area contributed by atoms with Crippen LogP contribution in [0.5, 0.6) is 0 Å². The lowest BCUT2D eigenvalue weighted by atomic mass is 10.4. The van der Waals surface area contributed by atoms with E-state index in [0.717, 1.165) is 0 Å². The molecular formula is C9H10O2S. The van der Waals surface area contributed by atoms with Crippen molar-refractivity contribution < 1.29 is 8.39 Å². The molecule has 0 heterocycles. The SMILES string of the molecule is C=CCOS(=O)c1ccccc1. The zero-order valence-electron chi connectivity index (χ0n) is 6.60. The molecule has 1 atom stereocenters. The predicted molar refractivity (Wildman–Crippen MR) is 49.0 cm³/mol. The van der Waals surface area contributed by atoms with Gasteiger partial charge in [-0.05, 0) is 12.1 Å². The minimum absolute atomic E-state index is 0.307. The van der Waals surface area contributed by atoms with Gasteiger partial charge in [-0.25, -0.2) is 4.21 Å². The normalized spacial score (nSPS) is 12.3. The summed E-state index contributed by atoms with van der Waals surface area (Å²) in [6, 6.07) is 9.04. The van der Waals surface area contributed by atoms with E-state index in [9.17, 15) is 4.21 Å². The van der Waals surface area contributed by atoms with Gasteiger partial charge in [0.1, 0.15) is 0 Å². The molecule has 12 heavy (non-hydrogen) atoms. The molecule has 1 rings (SSSR count). The minimum Gasteiger partial charge on any atom is -0.283 e. The molecule has 0 fully saturated rings. The van der Waals surface area contributed by atoms with Gasteiger partial charge >= 0.3 is 0 Å². The second-order valence-electron chi connectivity index (χ2n) is 2.12. The van der Waals surface area contributed by atoms with Crippen LogP contribution in [0.1, 0.15) is 0 Å². The van der Waals surface area contributed by atoms with E-state index in [-0.39, 0.29) is 0 Å². The standard InChI is InChI=1S/C9H10O2S/c1-2-8-11-12(10)9-6-4-3-5-7-9/h2-7H,1,8H2. The second kappa shape index (κ2) is 4.85. The van der Waals surface area contributed by atoms with E-state index in [1.807, 2.05) is 18.2 Å². The molecule has 2 nitrogen and oxygen atoms in total. The predicted octanol–water partition coefficient (Wildman–Crippen LogP) is 1.91. The lowest BCUT2D eigenvalue weighted by Crippen LogP contribution is -1.96. The fourth-order valence-corrected chi connectivity index (χ4v) is 1.44. The smallest absolute Gasteiger partial charge is 0.189 e. The van der Waals surface area contributed by atoms with Crippen LogP contribution < -0.4 is 0 Å². The summed E-state index contributed by atoms with van der Waals surface area (Å²) >= 11 is -1.35. The third-order valence-electron chi connectivity index (χ3n) is 1.23. The van der Waals surface area contributed by atoms with Crippen molar-refractivity contribution in [2.45, 2.75) is 4.90 Å². The molecule has 0 N–H and O–H groups in total. The first-order valence-corrected chi connectivity index (χ1v) is 4.63. The Kier molecular flexibility index (Phi) is 3.70. The van der Waals surface area contributed by atoms with Gasteiger partial charge in [0.15, 0.2) is 11.1 Å². The first-order valence-electron chi connectivity index (χ1n) is 3.55. The van der Waals surface area contributed by atoms with Crippen molar-refractivity contribution in [1.82, 2.24) is 0 Å². The maximum absolute atomic E-state index is 11.2. The van der Waals surface area contributed by atoms with Gasteiger partial charge in [-0.3, -0.25) is 4.18 Å². The summed E-state index contributed by atoms with van der Waals surface area (Å²) in [6.07, 6.45) is 1.57. The first kappa shape index (κ1) is 9.16. The van der Waals surface area contributed by atoms with Crippen LogP contribution in [0, 0.1) is 0 Å². The Labute approximate surface area is 74.5 Å². The van der Waals surface area contributed by atoms with Crippen molar-refractivity contribution >= 4 is 11.1 Å². The number of hydrogen-bond donors (Lipinski definition) is 0. The highest BCUT2D eigenvalue weighted by molar-refractivity contribution is 7.80. The summed E-state index contributed by atoms with van der Waals surface area (Å²) in [4.78, 5) is 0.680. The Bertz CT molecular complexity index is 269. The molecule has 0 saturated heterocycles. The zero-order valence-corrected chi connectivity index (χ0v) is 7.42. The average molecular weight is 182 g/mol. The molecule has 64 valence electrons. The molecule has 0 aliphatic carbocycles. The van der Waals surface area contributed by atoms with Crippen LogP contribution in [-0.4, -0.2) is 10.8 Å². The van der Waals surface area contributed by atoms with Crippen molar-refractivity contribution in [2.75, 3.05) is 6.61 Å². The molecule has 0 spiro atoms. The van der Waals surface area contributed by atoms with E-state index in [0.29, 0.717) is 11.5 Å². The van der Waals surface area contributed by atoms with Crippen LogP contribution in [0.3, 0.4) is 0 Å². The highest BCUT2D eigenvalue weighted by Crippen LogP contribution is 2.05. The summed E-state index contributed by atoms with van der Waals surface area (Å²) < 4.78 is 16.2. The first-order chi connectivity index (χ1) is 5.84. The molecular weight excluding hydrogens is 172 g/mol. The van der Waals surface area contributed by atoms with E-state index in [2.05, 4.69) is 6.58 Å². The molecule has 3 heteroatoms. The topological polar surface area (TPSA) is 26.3 Å². The van der Waals surface area contributed by atoms with Gasteiger partial charge in [0.05, 0.1) is 11.5 Å². The third kappa shape index (κ3) is 2.60. The Balaban J connectivity index is 2.59. The van der Waals surface area contributed by atoms with Crippen LogP contribution in [-0.2, 0) is 15.3 Å². The van der Waals surface area contributed by atoms with Gasteiger partial charge < -0.3 is 0 Å². The van der Waals surface area contributed by atoms with Gasteiger partial charge in [0.25, 0.3) is 0 Å². The molecule has 0 aliphatic rings. The quantitative estimate of drug-likeness (QED) is 0.665. The number of rotatable bonds is 4. The number of benzene rings is 1. The lowest BCUT2D eigenvalue weighted by molar-refractivity contribution is 0.395. The molecule has 1 unspecified atom stereocenters. The van der Waals surface area contributed by atoms with E-state index in [1.54, 1.807) is 18.2 Å². The van der Waals surface area contributed by atoms with Crippen molar-refractivity contribution in [3.8, 4) is 0 Å². The van der Waals surface area contributed by atoms with Crippen molar-refractivity contribution in [1.29, 1.82) is 0 Å². The largest absolute Gasteiger partial charge is 0.283 e. The average Bonchev–Trinajstić information content (AvgIpc) is 2.15. The van der Waals surface area contributed by atoms with Gasteiger partial charge in [-0.2, -0.15) is 0 Å². The Morgan fingerprint density at radius 2 is 2.08 bits per heavy atom. The van der Waals surface area contributed by atoms with Crippen LogP contribution in [0.15, 0.2) is 47.9 Å². The van der Waals surface area contributed by atoms with Crippen LogP contribution in [0.4, 0.5) is 0 Å². The summed E-state index contributed by atoms with van der Waals surface area (Å²) in [5, 5.41) is 0. The van der Waals surface area contributed by atoms with Gasteiger partial charge in [-0.1, -0.05) is 24.3 Å². The molecule has 0 aliphatic heterocycles. The molecule has 1 aromatic carbocycles. The van der Waals surface area contributed by atoms with E-state index >= 15 is 0 Å². The second-order valence-corrected chi connectivity index (χ2v) is 3.30. The Hall–Kier alpha value is -0.930. The summed E-state index contributed by atoms with van der Waals surface area (Å²) in [6.45, 7) is 3.77. The lowest BCUT2D eigenvalue weighted by Gasteiger charge is -1.98. The maximum atomic E-state index is 11.2. The van der Waals surface area contributed by atoms with Gasteiger partial charge in [0, 0.05) is 0 Å². The number of hydrogen-bond acceptors (Lipinski definition) is 2. The third-order valence-corrected chi connectivity index (χ3v) is 2.24. The fourth-order valence-electron chi connectivity index (χ4n) is 0.710. The molecule has 1 aromatic rings. The van der Waals surface area contributed by atoms with Gasteiger partial charge in [0.2, 0.25) is 0 Å². The molecule has 0 saturated carbocycles. The van der Waals surface area contributed by atoms with E-state index in [4.69, 9.17) is 4.18 Å². The Morgan fingerprint density at radius 3 is 2.67 bits per heavy atom. The molecule has 0 amide bonds. The summed E-state index contributed by atoms with van der Waals surface area (Å²) in [5.74, 6) is 0. The molecule has 0 radical (unpaired) electrons. The van der Waals surface area contributed by atoms with E-state index in [1.165, 1.54) is 0 Å². The zero-order chi connectivity index (χ0) is 8.81. The van der Waals surface area contributed by atoms with E-state index < -0.39 is 11.1 Å². The van der Waals surface area contributed by atoms with Gasteiger partial charge in [-0.15, -0.1) is 6.58 Å². The highest BCUT2D eigenvalue weighted by atomic mass is 32.2. The minimum atomic E-state index is -1.35. The maximum Gasteiger partial charge on any atom is 0.189 e. The van der Waals surface area contributed by atoms with Crippen molar-refractivity contribution in [2.24, 2.45) is 0 Å². The summed E-state index contributed by atoms with van der Waals surface area (Å²) in [5.41, 5.74) is 0. The van der Waals surface area contributed by atoms with Crippen LogP contribution in [0.2, 0.25) is 0 Å². The van der Waals surface area contributed by atoms with Crippen LogP contribution in [0.25, 0.3) is 0 Å². The van der Waals surface area contributed by atoms with Crippen molar-refractivity contribution in [3.05, 3.63) is 43.0 Å². The van der Waals surface area contributed by atoms with Crippen LogP contribution >= 0.6 is 0 Å².